The normalized spacial score (nSPS) is 10.8. The van der Waals surface area contributed by atoms with Crippen LogP contribution in [0.2, 0.25) is 0 Å². The van der Waals surface area contributed by atoms with Crippen molar-refractivity contribution in [1.82, 2.24) is 10.2 Å². The van der Waals surface area contributed by atoms with Crippen LogP contribution in [-0.4, -0.2) is 44.7 Å². The Kier molecular flexibility index (Phi) is 7.11. The number of nitrogens with zero attached hydrogens (tertiary/aromatic N) is 1. The van der Waals surface area contributed by atoms with Crippen LogP contribution in [-0.2, 0) is 16.1 Å². The van der Waals surface area contributed by atoms with Crippen LogP contribution in [0.4, 0.5) is 8.78 Å². The number of ether oxygens (including phenoxy) is 1. The first kappa shape index (κ1) is 16.5. The van der Waals surface area contributed by atoms with Crippen LogP contribution in [0, 0.1) is 11.6 Å². The van der Waals surface area contributed by atoms with Gasteiger partial charge in [0.1, 0.15) is 11.6 Å². The maximum atomic E-state index is 13.5. The third-order valence-electron chi connectivity index (χ3n) is 2.72. The molecule has 20 heavy (non-hydrogen) atoms. The van der Waals surface area contributed by atoms with E-state index in [0.717, 1.165) is 12.5 Å². The van der Waals surface area contributed by atoms with Gasteiger partial charge in [0.15, 0.2) is 0 Å². The predicted octanol–water partition coefficient (Wildman–Crippen LogP) is 1.55. The molecule has 1 N–H and O–H groups in total. The molecule has 0 bridgehead atoms. The summed E-state index contributed by atoms with van der Waals surface area (Å²) >= 11 is 0. The molecule has 0 atom stereocenters. The summed E-state index contributed by atoms with van der Waals surface area (Å²) in [5.74, 6) is -1.34. The van der Waals surface area contributed by atoms with Crippen molar-refractivity contribution in [3.63, 3.8) is 0 Å². The predicted molar refractivity (Wildman–Crippen MR) is 72.2 cm³/mol. The van der Waals surface area contributed by atoms with E-state index in [0.29, 0.717) is 18.7 Å². The zero-order chi connectivity index (χ0) is 15.0. The summed E-state index contributed by atoms with van der Waals surface area (Å²) in [6, 6.07) is 3.43. The maximum Gasteiger partial charge on any atom is 0.234 e. The van der Waals surface area contributed by atoms with E-state index in [9.17, 15) is 13.6 Å². The summed E-state index contributed by atoms with van der Waals surface area (Å²) in [5.41, 5.74) is 0.362. The molecule has 0 aliphatic heterocycles. The van der Waals surface area contributed by atoms with Crippen molar-refractivity contribution in [1.29, 1.82) is 0 Å². The minimum Gasteiger partial charge on any atom is -0.385 e. The number of hydrogen-bond donors (Lipinski definition) is 1. The molecule has 1 rings (SSSR count). The highest BCUT2D eigenvalue weighted by atomic mass is 19.1. The molecule has 1 aromatic rings. The fourth-order valence-corrected chi connectivity index (χ4v) is 1.74. The molecule has 1 aromatic carbocycles. The van der Waals surface area contributed by atoms with Gasteiger partial charge < -0.3 is 10.1 Å². The Morgan fingerprint density at radius 3 is 2.80 bits per heavy atom. The highest BCUT2D eigenvalue weighted by Gasteiger charge is 2.10. The number of carbonyl (C=O) groups excluding carboxylic acids is 1. The molecule has 4 nitrogen and oxygen atoms in total. The number of methoxy groups -OCH3 is 1. The number of carbonyl (C=O) groups is 1. The van der Waals surface area contributed by atoms with Crippen molar-refractivity contribution in [2.24, 2.45) is 0 Å². The number of nitrogens with one attached hydrogen (secondary N) is 1. The van der Waals surface area contributed by atoms with Gasteiger partial charge in [-0.05, 0) is 19.5 Å². The van der Waals surface area contributed by atoms with Crippen molar-refractivity contribution in [3.8, 4) is 0 Å². The van der Waals surface area contributed by atoms with Crippen molar-refractivity contribution >= 4 is 5.91 Å². The average molecular weight is 286 g/mol. The summed E-state index contributed by atoms with van der Waals surface area (Å²) in [7, 11) is 3.31. The van der Waals surface area contributed by atoms with E-state index < -0.39 is 11.6 Å². The molecular weight excluding hydrogens is 266 g/mol. The van der Waals surface area contributed by atoms with E-state index >= 15 is 0 Å². The number of amides is 1. The molecule has 112 valence electrons. The molecule has 0 fully saturated rings. The molecule has 0 saturated carbocycles. The minimum atomic E-state index is -0.607. The average Bonchev–Trinajstić information content (AvgIpc) is 2.38. The molecule has 0 spiro atoms. The Hall–Kier alpha value is -1.53. The van der Waals surface area contributed by atoms with Crippen LogP contribution in [0.5, 0.6) is 0 Å². The van der Waals surface area contributed by atoms with Gasteiger partial charge in [0.25, 0.3) is 0 Å². The van der Waals surface area contributed by atoms with Gasteiger partial charge in [-0.1, -0.05) is 6.07 Å². The van der Waals surface area contributed by atoms with Gasteiger partial charge in [-0.2, -0.15) is 0 Å². The van der Waals surface area contributed by atoms with E-state index in [1.807, 2.05) is 0 Å². The van der Waals surface area contributed by atoms with Gasteiger partial charge >= 0.3 is 0 Å². The first-order valence-corrected chi connectivity index (χ1v) is 6.41. The number of benzene rings is 1. The lowest BCUT2D eigenvalue weighted by atomic mass is 10.2. The van der Waals surface area contributed by atoms with Crippen molar-refractivity contribution in [2.75, 3.05) is 33.9 Å². The smallest absolute Gasteiger partial charge is 0.234 e. The van der Waals surface area contributed by atoms with Gasteiger partial charge in [-0.15, -0.1) is 0 Å². The quantitative estimate of drug-likeness (QED) is 0.737. The standard InChI is InChI=1S/C14H20F2N2O2/c1-18(10-14(19)17-6-3-7-20-2)9-11-4-5-12(15)8-13(11)16/h4-5,8H,3,6-7,9-10H2,1-2H3,(H,17,19). The Bertz CT molecular complexity index is 441. The molecule has 0 radical (unpaired) electrons. The largest absolute Gasteiger partial charge is 0.385 e. The van der Waals surface area contributed by atoms with E-state index in [1.54, 1.807) is 19.1 Å². The van der Waals surface area contributed by atoms with Crippen LogP contribution < -0.4 is 5.32 Å². The van der Waals surface area contributed by atoms with Gasteiger partial charge in [-0.3, -0.25) is 9.69 Å². The van der Waals surface area contributed by atoms with E-state index in [-0.39, 0.29) is 19.0 Å². The van der Waals surface area contributed by atoms with Crippen molar-refractivity contribution in [2.45, 2.75) is 13.0 Å². The van der Waals surface area contributed by atoms with Crippen LogP contribution in [0.15, 0.2) is 18.2 Å². The molecule has 1 amide bonds. The van der Waals surface area contributed by atoms with Crippen LogP contribution in [0.3, 0.4) is 0 Å². The second-order valence-electron chi connectivity index (χ2n) is 4.60. The van der Waals surface area contributed by atoms with Gasteiger partial charge in [0.2, 0.25) is 5.91 Å². The molecule has 0 aliphatic rings. The van der Waals surface area contributed by atoms with Gasteiger partial charge in [0, 0.05) is 38.4 Å². The Labute approximate surface area is 117 Å². The topological polar surface area (TPSA) is 41.6 Å². The number of halogens is 2. The minimum absolute atomic E-state index is 0.133. The van der Waals surface area contributed by atoms with Crippen molar-refractivity contribution in [3.05, 3.63) is 35.4 Å². The van der Waals surface area contributed by atoms with E-state index in [1.165, 1.54) is 12.1 Å². The molecule has 0 heterocycles. The molecular formula is C14H20F2N2O2. The van der Waals surface area contributed by atoms with E-state index in [2.05, 4.69) is 5.32 Å². The zero-order valence-corrected chi connectivity index (χ0v) is 11.8. The van der Waals surface area contributed by atoms with Crippen LogP contribution in [0.1, 0.15) is 12.0 Å². The van der Waals surface area contributed by atoms with Crippen LogP contribution in [0.25, 0.3) is 0 Å². The Morgan fingerprint density at radius 1 is 1.40 bits per heavy atom. The zero-order valence-electron chi connectivity index (χ0n) is 11.8. The van der Waals surface area contributed by atoms with Gasteiger partial charge in [-0.25, -0.2) is 8.78 Å². The molecule has 0 aliphatic carbocycles. The number of likely N-dealkylation sites (N-methyl/N-ethyl adjacent to an activating group) is 1. The number of hydrogen-bond acceptors (Lipinski definition) is 3. The summed E-state index contributed by atoms with van der Waals surface area (Å²) in [4.78, 5) is 13.3. The highest BCUT2D eigenvalue weighted by Crippen LogP contribution is 2.11. The SMILES string of the molecule is COCCCNC(=O)CN(C)Cc1ccc(F)cc1F. The monoisotopic (exact) mass is 286 g/mol. The second kappa shape index (κ2) is 8.60. The summed E-state index contributed by atoms with van der Waals surface area (Å²) < 4.78 is 31.1. The molecule has 0 aromatic heterocycles. The molecule has 0 unspecified atom stereocenters. The summed E-state index contributed by atoms with van der Waals surface area (Å²) in [5, 5.41) is 2.74. The lowest BCUT2D eigenvalue weighted by molar-refractivity contribution is -0.122. The van der Waals surface area contributed by atoms with Gasteiger partial charge in [0.05, 0.1) is 6.54 Å². The fourth-order valence-electron chi connectivity index (χ4n) is 1.74. The Balaban J connectivity index is 2.35. The molecule has 6 heteroatoms. The Morgan fingerprint density at radius 2 is 2.15 bits per heavy atom. The first-order chi connectivity index (χ1) is 9.52. The molecule has 0 saturated heterocycles. The van der Waals surface area contributed by atoms with Crippen molar-refractivity contribution < 1.29 is 18.3 Å². The summed E-state index contributed by atoms with van der Waals surface area (Å²) in [6.45, 7) is 1.55. The lowest BCUT2D eigenvalue weighted by Crippen LogP contribution is -2.35. The second-order valence-corrected chi connectivity index (χ2v) is 4.60. The highest BCUT2D eigenvalue weighted by molar-refractivity contribution is 5.77. The fraction of sp³-hybridized carbons (Fsp3) is 0.500. The lowest BCUT2D eigenvalue weighted by Gasteiger charge is -2.16. The maximum absolute atomic E-state index is 13.5. The number of rotatable bonds is 8. The van der Waals surface area contributed by atoms with E-state index in [4.69, 9.17) is 4.74 Å². The third kappa shape index (κ3) is 6.08. The summed E-state index contributed by atoms with van der Waals surface area (Å²) in [6.07, 6.45) is 0.749. The first-order valence-electron chi connectivity index (χ1n) is 6.41. The van der Waals surface area contributed by atoms with Crippen LogP contribution >= 0.6 is 0 Å². The third-order valence-corrected chi connectivity index (χ3v) is 2.72.